The van der Waals surface area contributed by atoms with Gasteiger partial charge in [0.25, 0.3) is 5.91 Å². The van der Waals surface area contributed by atoms with Crippen LogP contribution in [0.25, 0.3) is 16.7 Å². The zero-order chi connectivity index (χ0) is 21.9. The second kappa shape index (κ2) is 8.66. The number of carbonyl (C=O) groups excluding carboxylic acids is 1. The fraction of sp³-hybridized carbons (Fsp3) is 0.192. The maximum atomic E-state index is 13.0. The minimum atomic E-state index is -0.280. The predicted octanol–water partition coefficient (Wildman–Crippen LogP) is 4.05. The molecule has 1 atom stereocenters. The van der Waals surface area contributed by atoms with Crippen molar-refractivity contribution in [1.82, 2.24) is 19.4 Å². The molecule has 0 saturated carbocycles. The summed E-state index contributed by atoms with van der Waals surface area (Å²) >= 11 is 0. The number of nitrogens with zero attached hydrogens (tertiary/aromatic N) is 5. The van der Waals surface area contributed by atoms with E-state index in [0.29, 0.717) is 31.7 Å². The van der Waals surface area contributed by atoms with Gasteiger partial charge in [-0.25, -0.2) is 4.98 Å². The molecule has 0 aliphatic carbocycles. The van der Waals surface area contributed by atoms with Crippen molar-refractivity contribution in [3.63, 3.8) is 0 Å². The molecule has 1 amide bonds. The molecule has 0 bridgehead atoms. The van der Waals surface area contributed by atoms with Gasteiger partial charge in [0.2, 0.25) is 0 Å². The number of amides is 1. The number of benzene rings is 3. The summed E-state index contributed by atoms with van der Waals surface area (Å²) < 4.78 is 2.02. The second-order valence-corrected chi connectivity index (χ2v) is 7.92. The molecule has 6 heteroatoms. The van der Waals surface area contributed by atoms with Gasteiger partial charge in [0, 0.05) is 37.4 Å². The molecular weight excluding hydrogens is 398 g/mol. The van der Waals surface area contributed by atoms with Gasteiger partial charge in [-0.2, -0.15) is 5.26 Å². The molecule has 32 heavy (non-hydrogen) atoms. The number of rotatable bonds is 4. The fourth-order valence-corrected chi connectivity index (χ4v) is 4.30. The van der Waals surface area contributed by atoms with Crippen LogP contribution in [0.5, 0.6) is 0 Å². The molecule has 6 nitrogen and oxygen atoms in total. The smallest absolute Gasteiger partial charge is 0.253 e. The number of nitriles is 1. The minimum Gasteiger partial charge on any atom is -0.336 e. The maximum Gasteiger partial charge on any atom is 0.253 e. The average molecular weight is 422 g/mol. The van der Waals surface area contributed by atoms with Gasteiger partial charge in [-0.15, -0.1) is 0 Å². The lowest BCUT2D eigenvalue weighted by atomic mass is 10.1. The first-order valence-electron chi connectivity index (χ1n) is 10.7. The Morgan fingerprint density at radius 1 is 0.875 bits per heavy atom. The molecule has 3 aromatic carbocycles. The van der Waals surface area contributed by atoms with E-state index in [0.717, 1.165) is 22.3 Å². The van der Waals surface area contributed by atoms with Crippen LogP contribution in [-0.2, 0) is 0 Å². The topological polar surface area (TPSA) is 65.2 Å². The van der Waals surface area contributed by atoms with Gasteiger partial charge in [-0.1, -0.05) is 42.5 Å². The first-order valence-corrected chi connectivity index (χ1v) is 10.7. The summed E-state index contributed by atoms with van der Waals surface area (Å²) in [6.07, 6.45) is 1.80. The van der Waals surface area contributed by atoms with Gasteiger partial charge in [-0.3, -0.25) is 14.3 Å². The molecule has 5 rings (SSSR count). The molecule has 2 heterocycles. The van der Waals surface area contributed by atoms with Crippen LogP contribution < -0.4 is 0 Å². The Hall–Kier alpha value is -3.95. The number of aromatic nitrogens is 2. The average Bonchev–Trinajstić information content (AvgIpc) is 3.30. The van der Waals surface area contributed by atoms with Crippen LogP contribution in [0.2, 0.25) is 0 Å². The van der Waals surface area contributed by atoms with Crippen molar-refractivity contribution in [2.75, 3.05) is 26.2 Å². The summed E-state index contributed by atoms with van der Waals surface area (Å²) in [5.74, 6) is 0.0277. The molecular formula is C26H23N5O. The van der Waals surface area contributed by atoms with E-state index in [1.54, 1.807) is 6.33 Å². The molecule has 1 aromatic heterocycles. The van der Waals surface area contributed by atoms with Crippen LogP contribution >= 0.6 is 0 Å². The van der Waals surface area contributed by atoms with Gasteiger partial charge in [0.05, 0.1) is 17.1 Å². The highest BCUT2D eigenvalue weighted by atomic mass is 16.2. The Labute approximate surface area is 186 Å². The van der Waals surface area contributed by atoms with Crippen molar-refractivity contribution in [2.45, 2.75) is 6.04 Å². The van der Waals surface area contributed by atoms with Gasteiger partial charge in [0.15, 0.2) is 0 Å². The third-order valence-electron chi connectivity index (χ3n) is 6.05. The Balaban J connectivity index is 1.26. The number of para-hydroxylation sites is 2. The summed E-state index contributed by atoms with van der Waals surface area (Å²) in [7, 11) is 0. The van der Waals surface area contributed by atoms with E-state index in [-0.39, 0.29) is 11.9 Å². The summed E-state index contributed by atoms with van der Waals surface area (Å²) in [5.41, 5.74) is 4.62. The third-order valence-corrected chi connectivity index (χ3v) is 6.05. The number of hydrogen-bond donors (Lipinski definition) is 0. The van der Waals surface area contributed by atoms with Crippen LogP contribution in [0.4, 0.5) is 0 Å². The molecule has 1 unspecified atom stereocenters. The van der Waals surface area contributed by atoms with E-state index in [9.17, 15) is 10.1 Å². The van der Waals surface area contributed by atoms with Crippen LogP contribution in [0.3, 0.4) is 0 Å². The Kier molecular flexibility index (Phi) is 5.40. The quantitative estimate of drug-likeness (QED) is 0.499. The lowest BCUT2D eigenvalue weighted by Gasteiger charge is -2.37. The van der Waals surface area contributed by atoms with Gasteiger partial charge in [0.1, 0.15) is 12.4 Å². The van der Waals surface area contributed by atoms with Gasteiger partial charge in [-0.05, 0) is 42.0 Å². The molecule has 1 aliphatic heterocycles. The largest absolute Gasteiger partial charge is 0.336 e. The lowest BCUT2D eigenvalue weighted by molar-refractivity contribution is 0.0606. The van der Waals surface area contributed by atoms with E-state index in [1.165, 1.54) is 0 Å². The van der Waals surface area contributed by atoms with Crippen molar-refractivity contribution in [2.24, 2.45) is 0 Å². The second-order valence-electron chi connectivity index (χ2n) is 7.92. The van der Waals surface area contributed by atoms with E-state index in [4.69, 9.17) is 0 Å². The highest BCUT2D eigenvalue weighted by Crippen LogP contribution is 2.23. The highest BCUT2D eigenvalue weighted by Gasteiger charge is 2.27. The summed E-state index contributed by atoms with van der Waals surface area (Å²) in [4.78, 5) is 21.5. The predicted molar refractivity (Wildman–Crippen MR) is 123 cm³/mol. The molecule has 0 radical (unpaired) electrons. The zero-order valence-electron chi connectivity index (χ0n) is 17.6. The normalized spacial score (nSPS) is 15.4. The highest BCUT2D eigenvalue weighted by molar-refractivity contribution is 5.94. The maximum absolute atomic E-state index is 13.0. The molecule has 158 valence electrons. The van der Waals surface area contributed by atoms with Gasteiger partial charge >= 0.3 is 0 Å². The van der Waals surface area contributed by atoms with Crippen LogP contribution in [0, 0.1) is 11.3 Å². The SMILES string of the molecule is N#CC(c1ccccc1)N1CCN(C(=O)c2ccc(-n3cnc4ccccc43)cc2)CC1. The van der Waals surface area contributed by atoms with Crippen molar-refractivity contribution < 1.29 is 4.79 Å². The number of carbonyl (C=O) groups is 1. The molecule has 0 N–H and O–H groups in total. The lowest BCUT2D eigenvalue weighted by Crippen LogP contribution is -2.49. The number of hydrogen-bond acceptors (Lipinski definition) is 4. The van der Waals surface area contributed by atoms with Gasteiger partial charge < -0.3 is 4.90 Å². The fourth-order valence-electron chi connectivity index (χ4n) is 4.30. The molecule has 1 aliphatic rings. The number of fused-ring (bicyclic) bond motifs is 1. The number of imidazole rings is 1. The Bertz CT molecular complexity index is 1270. The van der Waals surface area contributed by atoms with Crippen molar-refractivity contribution in [1.29, 1.82) is 5.26 Å². The van der Waals surface area contributed by atoms with E-state index >= 15 is 0 Å². The van der Waals surface area contributed by atoms with E-state index < -0.39 is 0 Å². The van der Waals surface area contributed by atoms with Crippen molar-refractivity contribution >= 4 is 16.9 Å². The third kappa shape index (κ3) is 3.75. The molecule has 1 fully saturated rings. The monoisotopic (exact) mass is 421 g/mol. The Morgan fingerprint density at radius 3 is 2.28 bits per heavy atom. The molecule has 1 saturated heterocycles. The van der Waals surface area contributed by atoms with Crippen molar-refractivity contribution in [3.05, 3.63) is 96.3 Å². The summed E-state index contributed by atoms with van der Waals surface area (Å²) in [6.45, 7) is 2.57. The molecule has 0 spiro atoms. The standard InChI is InChI=1S/C26H23N5O/c27-18-25(20-6-2-1-3-7-20)29-14-16-30(17-15-29)26(32)21-10-12-22(13-11-21)31-19-28-23-8-4-5-9-24(23)31/h1-13,19,25H,14-17H2. The summed E-state index contributed by atoms with van der Waals surface area (Å²) in [6, 6.07) is 27.6. The van der Waals surface area contributed by atoms with Crippen LogP contribution in [0.1, 0.15) is 22.0 Å². The first-order chi connectivity index (χ1) is 15.7. The van der Waals surface area contributed by atoms with Crippen molar-refractivity contribution in [3.8, 4) is 11.8 Å². The minimum absolute atomic E-state index is 0.0277. The van der Waals surface area contributed by atoms with Crippen LogP contribution in [0.15, 0.2) is 85.2 Å². The molecule has 4 aromatic rings. The van der Waals surface area contributed by atoms with E-state index in [1.807, 2.05) is 88.3 Å². The van der Waals surface area contributed by atoms with E-state index in [2.05, 4.69) is 16.0 Å². The number of piperazine rings is 1. The first kappa shape index (κ1) is 20.0. The summed E-state index contributed by atoms with van der Waals surface area (Å²) in [5, 5.41) is 9.68. The zero-order valence-corrected chi connectivity index (χ0v) is 17.6. The Morgan fingerprint density at radius 2 is 1.56 bits per heavy atom. The van der Waals surface area contributed by atoms with Crippen LogP contribution in [-0.4, -0.2) is 51.4 Å².